The second kappa shape index (κ2) is 5.85. The number of hydrogen-bond acceptors (Lipinski definition) is 3. The SMILES string of the molecule is CCCS(=O)(=O)NOCc1ccccc1. The fourth-order valence-electron chi connectivity index (χ4n) is 1.09. The second-order valence-corrected chi connectivity index (χ2v) is 4.98. The van der Waals surface area contributed by atoms with E-state index in [9.17, 15) is 8.42 Å². The summed E-state index contributed by atoms with van der Waals surface area (Å²) in [6.07, 6.45) is 0.573. The van der Waals surface area contributed by atoms with Crippen LogP contribution in [0.4, 0.5) is 0 Å². The van der Waals surface area contributed by atoms with E-state index in [2.05, 4.69) is 4.89 Å². The maximum atomic E-state index is 11.2. The van der Waals surface area contributed by atoms with Crippen molar-refractivity contribution in [2.45, 2.75) is 20.0 Å². The molecule has 1 N–H and O–H groups in total. The third-order valence-electron chi connectivity index (χ3n) is 1.74. The van der Waals surface area contributed by atoms with Crippen molar-refractivity contribution in [3.8, 4) is 0 Å². The molecule has 0 saturated carbocycles. The van der Waals surface area contributed by atoms with Crippen LogP contribution in [0.15, 0.2) is 30.3 Å². The first kappa shape index (κ1) is 12.2. The third kappa shape index (κ3) is 4.92. The van der Waals surface area contributed by atoms with Gasteiger partial charge in [0.15, 0.2) is 0 Å². The lowest BCUT2D eigenvalue weighted by Gasteiger charge is -2.05. The van der Waals surface area contributed by atoms with Gasteiger partial charge in [0.2, 0.25) is 10.0 Å². The quantitative estimate of drug-likeness (QED) is 0.751. The van der Waals surface area contributed by atoms with Crippen molar-refractivity contribution in [1.29, 1.82) is 0 Å². The Hall–Kier alpha value is -0.910. The maximum Gasteiger partial charge on any atom is 0.233 e. The molecule has 0 bridgehead atoms. The van der Waals surface area contributed by atoms with Gasteiger partial charge in [0.25, 0.3) is 0 Å². The van der Waals surface area contributed by atoms with Crippen LogP contribution in [-0.2, 0) is 21.5 Å². The maximum absolute atomic E-state index is 11.2. The topological polar surface area (TPSA) is 55.4 Å². The molecule has 0 unspecified atom stereocenters. The van der Waals surface area contributed by atoms with E-state index < -0.39 is 10.0 Å². The highest BCUT2D eigenvalue weighted by Gasteiger charge is 2.07. The largest absolute Gasteiger partial charge is 0.282 e. The van der Waals surface area contributed by atoms with E-state index in [4.69, 9.17) is 4.84 Å². The summed E-state index contributed by atoms with van der Waals surface area (Å²) in [4.78, 5) is 6.98. The summed E-state index contributed by atoms with van der Waals surface area (Å²) in [6, 6.07) is 9.38. The summed E-state index contributed by atoms with van der Waals surface area (Å²) in [6.45, 7) is 2.04. The van der Waals surface area contributed by atoms with Crippen LogP contribution in [0.3, 0.4) is 0 Å². The molecular formula is C10H15NO3S. The fourth-order valence-corrected chi connectivity index (χ4v) is 1.95. The van der Waals surface area contributed by atoms with E-state index in [1.807, 2.05) is 30.3 Å². The van der Waals surface area contributed by atoms with Crippen LogP contribution in [0.25, 0.3) is 0 Å². The van der Waals surface area contributed by atoms with Crippen molar-refractivity contribution < 1.29 is 13.3 Å². The summed E-state index contributed by atoms with van der Waals surface area (Å²) in [7, 11) is -3.27. The number of benzene rings is 1. The summed E-state index contributed by atoms with van der Waals surface area (Å²) in [5, 5.41) is 0. The molecule has 1 aromatic rings. The van der Waals surface area contributed by atoms with Crippen LogP contribution >= 0.6 is 0 Å². The van der Waals surface area contributed by atoms with E-state index in [0.717, 1.165) is 5.56 Å². The van der Waals surface area contributed by atoms with E-state index in [-0.39, 0.29) is 12.4 Å². The van der Waals surface area contributed by atoms with Gasteiger partial charge in [-0.2, -0.15) is 0 Å². The molecule has 84 valence electrons. The Kier molecular flexibility index (Phi) is 4.74. The fraction of sp³-hybridized carbons (Fsp3) is 0.400. The Morgan fingerprint density at radius 1 is 1.27 bits per heavy atom. The van der Waals surface area contributed by atoms with Crippen LogP contribution in [-0.4, -0.2) is 14.2 Å². The molecule has 1 rings (SSSR count). The van der Waals surface area contributed by atoms with Crippen molar-refractivity contribution in [2.24, 2.45) is 0 Å². The Morgan fingerprint density at radius 3 is 2.53 bits per heavy atom. The molecule has 0 aliphatic heterocycles. The van der Waals surface area contributed by atoms with Gasteiger partial charge in [-0.1, -0.05) is 42.1 Å². The highest BCUT2D eigenvalue weighted by molar-refractivity contribution is 7.89. The molecular weight excluding hydrogens is 214 g/mol. The minimum Gasteiger partial charge on any atom is -0.282 e. The molecule has 15 heavy (non-hydrogen) atoms. The lowest BCUT2D eigenvalue weighted by Crippen LogP contribution is -2.26. The van der Waals surface area contributed by atoms with Gasteiger partial charge in [-0.3, -0.25) is 4.84 Å². The van der Waals surface area contributed by atoms with E-state index in [1.54, 1.807) is 6.92 Å². The molecule has 0 heterocycles. The van der Waals surface area contributed by atoms with Crippen molar-refractivity contribution >= 4 is 10.0 Å². The zero-order valence-corrected chi connectivity index (χ0v) is 9.46. The van der Waals surface area contributed by atoms with Gasteiger partial charge in [-0.25, -0.2) is 8.42 Å². The first-order valence-corrected chi connectivity index (χ1v) is 6.44. The van der Waals surface area contributed by atoms with Crippen molar-refractivity contribution in [3.63, 3.8) is 0 Å². The highest BCUT2D eigenvalue weighted by atomic mass is 32.2. The standard InChI is InChI=1S/C10H15NO3S/c1-2-8-15(12,13)11-14-9-10-6-4-3-5-7-10/h3-7,11H,2,8-9H2,1H3. The zero-order valence-electron chi connectivity index (χ0n) is 8.64. The van der Waals surface area contributed by atoms with Gasteiger partial charge < -0.3 is 0 Å². The van der Waals surface area contributed by atoms with Crippen molar-refractivity contribution in [1.82, 2.24) is 4.89 Å². The lowest BCUT2D eigenvalue weighted by molar-refractivity contribution is 0.0795. The zero-order chi connectivity index (χ0) is 11.1. The highest BCUT2D eigenvalue weighted by Crippen LogP contribution is 1.99. The van der Waals surface area contributed by atoms with Crippen molar-refractivity contribution in [2.75, 3.05) is 5.75 Å². The van der Waals surface area contributed by atoms with E-state index >= 15 is 0 Å². The molecule has 0 spiro atoms. The third-order valence-corrected chi connectivity index (χ3v) is 3.06. The van der Waals surface area contributed by atoms with Gasteiger partial charge in [0, 0.05) is 0 Å². The Morgan fingerprint density at radius 2 is 1.93 bits per heavy atom. The predicted octanol–water partition coefficient (Wildman–Crippen LogP) is 1.45. The minimum atomic E-state index is -3.27. The van der Waals surface area contributed by atoms with E-state index in [1.165, 1.54) is 0 Å². The molecule has 0 atom stereocenters. The Labute approximate surface area is 90.3 Å². The smallest absolute Gasteiger partial charge is 0.233 e. The summed E-state index contributed by atoms with van der Waals surface area (Å²) in [5.41, 5.74) is 0.927. The molecule has 0 saturated heterocycles. The Balaban J connectivity index is 2.34. The molecule has 0 amide bonds. The summed E-state index contributed by atoms with van der Waals surface area (Å²) >= 11 is 0. The average molecular weight is 229 g/mol. The molecule has 5 heteroatoms. The number of sulfonamides is 1. The van der Waals surface area contributed by atoms with Gasteiger partial charge in [-0.05, 0) is 12.0 Å². The first-order valence-electron chi connectivity index (χ1n) is 4.79. The molecule has 0 fully saturated rings. The monoisotopic (exact) mass is 229 g/mol. The number of nitrogens with one attached hydrogen (secondary N) is 1. The number of rotatable bonds is 6. The molecule has 4 nitrogen and oxygen atoms in total. The Bertz CT molecular complexity index is 375. The van der Waals surface area contributed by atoms with Gasteiger partial charge in [0.05, 0.1) is 12.4 Å². The van der Waals surface area contributed by atoms with E-state index in [0.29, 0.717) is 6.42 Å². The van der Waals surface area contributed by atoms with Crippen molar-refractivity contribution in [3.05, 3.63) is 35.9 Å². The van der Waals surface area contributed by atoms with Crippen LogP contribution in [0, 0.1) is 0 Å². The average Bonchev–Trinajstić information content (AvgIpc) is 2.19. The summed E-state index contributed by atoms with van der Waals surface area (Å²) < 4.78 is 22.4. The van der Waals surface area contributed by atoms with Crippen LogP contribution < -0.4 is 4.89 Å². The molecule has 0 aromatic heterocycles. The van der Waals surface area contributed by atoms with Gasteiger partial charge >= 0.3 is 0 Å². The molecule has 0 aliphatic carbocycles. The second-order valence-electron chi connectivity index (χ2n) is 3.18. The van der Waals surface area contributed by atoms with Crippen LogP contribution in [0.5, 0.6) is 0 Å². The van der Waals surface area contributed by atoms with Gasteiger partial charge in [0.1, 0.15) is 0 Å². The number of hydrogen-bond donors (Lipinski definition) is 1. The molecule has 1 aromatic carbocycles. The summed E-state index contributed by atoms with van der Waals surface area (Å²) in [5.74, 6) is 0.0851. The van der Waals surface area contributed by atoms with Crippen LogP contribution in [0.1, 0.15) is 18.9 Å². The minimum absolute atomic E-state index is 0.0851. The molecule has 0 aliphatic rings. The predicted molar refractivity (Wildman–Crippen MR) is 58.4 cm³/mol. The normalized spacial score (nSPS) is 11.5. The first-order chi connectivity index (χ1) is 7.14. The lowest BCUT2D eigenvalue weighted by atomic mass is 10.2. The van der Waals surface area contributed by atoms with Gasteiger partial charge in [-0.15, -0.1) is 0 Å². The molecule has 0 radical (unpaired) electrons. The van der Waals surface area contributed by atoms with Crippen LogP contribution in [0.2, 0.25) is 0 Å².